The predicted molar refractivity (Wildman–Crippen MR) is 123 cm³/mol. The fourth-order valence-electron chi connectivity index (χ4n) is 3.94. The molecule has 0 radical (unpaired) electrons. The highest BCUT2D eigenvalue weighted by Gasteiger charge is 2.28. The van der Waals surface area contributed by atoms with Crippen molar-refractivity contribution in [2.45, 2.75) is 90.6 Å². The van der Waals surface area contributed by atoms with Gasteiger partial charge in [0.15, 0.2) is 9.84 Å². The van der Waals surface area contributed by atoms with Gasteiger partial charge >= 0.3 is 0 Å². The van der Waals surface area contributed by atoms with E-state index in [1.54, 1.807) is 26.8 Å². The maximum Gasteiger partial charge on any atom is 0.155 e. The van der Waals surface area contributed by atoms with Crippen LogP contribution in [0.3, 0.4) is 0 Å². The molecular weight excluding hydrogens is 401 g/mol. The van der Waals surface area contributed by atoms with E-state index in [1.807, 2.05) is 26.0 Å². The van der Waals surface area contributed by atoms with E-state index < -0.39 is 14.6 Å². The Morgan fingerprint density at radius 1 is 1.13 bits per heavy atom. The van der Waals surface area contributed by atoms with E-state index in [-0.39, 0.29) is 23.8 Å². The molecule has 1 aromatic rings. The Balaban J connectivity index is 1.77. The highest BCUT2D eigenvalue weighted by atomic mass is 32.2. The van der Waals surface area contributed by atoms with Crippen LogP contribution in [0.4, 0.5) is 10.1 Å². The van der Waals surface area contributed by atoms with E-state index in [1.165, 1.54) is 0 Å². The summed E-state index contributed by atoms with van der Waals surface area (Å²) in [6.07, 6.45) is 4.58. The molecule has 172 valence electrons. The van der Waals surface area contributed by atoms with Crippen molar-refractivity contribution in [1.82, 2.24) is 0 Å². The second-order valence-corrected chi connectivity index (χ2v) is 12.9. The fourth-order valence-corrected chi connectivity index (χ4v) is 5.26. The number of hydrogen-bond donors (Lipinski definition) is 0. The molecule has 1 aromatic carbocycles. The molecular formula is C24H40FNO3S. The molecule has 6 heteroatoms. The van der Waals surface area contributed by atoms with Gasteiger partial charge in [0.2, 0.25) is 0 Å². The zero-order valence-corrected chi connectivity index (χ0v) is 20.4. The third-order valence-corrected chi connectivity index (χ3v) is 8.67. The highest BCUT2D eigenvalue weighted by molar-refractivity contribution is 7.92. The third kappa shape index (κ3) is 7.23. The predicted octanol–water partition coefficient (Wildman–Crippen LogP) is 5.39. The van der Waals surface area contributed by atoms with Crippen molar-refractivity contribution in [3.63, 3.8) is 0 Å². The standard InChI is InChI=1S/C24H40FNO3S/c1-18(13-14-30(27,28)24(4,5)6)9-7-8-10-21-11-12-22(15-23(21)25)26-16-19(2)29-20(3)17-26/h11-12,15,18-20H,7-10,13-14,16-17H2,1-6H3/t18?,19-,20+. The number of ether oxygens (including phenoxy) is 1. The van der Waals surface area contributed by atoms with Gasteiger partial charge in [0.05, 0.1) is 22.7 Å². The molecule has 1 aliphatic heterocycles. The van der Waals surface area contributed by atoms with Crippen molar-refractivity contribution < 1.29 is 17.5 Å². The summed E-state index contributed by atoms with van der Waals surface area (Å²) in [4.78, 5) is 2.19. The van der Waals surface area contributed by atoms with Crippen molar-refractivity contribution in [1.29, 1.82) is 0 Å². The first-order valence-corrected chi connectivity index (χ1v) is 13.0. The van der Waals surface area contributed by atoms with Gasteiger partial charge in [-0.3, -0.25) is 0 Å². The Bertz CT molecular complexity index is 778. The Hall–Kier alpha value is -1.14. The molecule has 0 bridgehead atoms. The summed E-state index contributed by atoms with van der Waals surface area (Å²) >= 11 is 0. The number of morpholine rings is 1. The number of sulfone groups is 1. The Morgan fingerprint density at radius 2 is 1.77 bits per heavy atom. The molecule has 1 heterocycles. The van der Waals surface area contributed by atoms with Crippen LogP contribution in [0.15, 0.2) is 18.2 Å². The molecule has 0 aliphatic carbocycles. The lowest BCUT2D eigenvalue weighted by Crippen LogP contribution is -2.45. The molecule has 0 saturated carbocycles. The van der Waals surface area contributed by atoms with Crippen molar-refractivity contribution in [2.24, 2.45) is 5.92 Å². The summed E-state index contributed by atoms with van der Waals surface area (Å²) in [6, 6.07) is 5.58. The Morgan fingerprint density at radius 3 is 2.33 bits per heavy atom. The molecule has 1 unspecified atom stereocenters. The van der Waals surface area contributed by atoms with Crippen LogP contribution in [0.2, 0.25) is 0 Å². The number of nitrogens with zero attached hydrogens (tertiary/aromatic N) is 1. The zero-order valence-electron chi connectivity index (χ0n) is 19.6. The minimum Gasteiger partial charge on any atom is -0.372 e. The van der Waals surface area contributed by atoms with Gasteiger partial charge in [0.1, 0.15) is 5.82 Å². The van der Waals surface area contributed by atoms with Crippen LogP contribution in [-0.2, 0) is 21.0 Å². The minimum atomic E-state index is -3.05. The van der Waals surface area contributed by atoms with Crippen molar-refractivity contribution >= 4 is 15.5 Å². The second-order valence-electron chi connectivity index (χ2n) is 10.0. The average Bonchev–Trinajstić information content (AvgIpc) is 2.63. The van der Waals surface area contributed by atoms with Gasteiger partial charge in [-0.2, -0.15) is 0 Å². The van der Waals surface area contributed by atoms with Crippen LogP contribution in [-0.4, -0.2) is 44.2 Å². The molecule has 0 spiro atoms. The summed E-state index contributed by atoms with van der Waals surface area (Å²) in [5.74, 6) is 0.468. The summed E-state index contributed by atoms with van der Waals surface area (Å²) in [5, 5.41) is 0. The topological polar surface area (TPSA) is 46.6 Å². The first-order chi connectivity index (χ1) is 13.9. The van der Waals surface area contributed by atoms with Gasteiger partial charge in [0.25, 0.3) is 0 Å². The molecule has 30 heavy (non-hydrogen) atoms. The quantitative estimate of drug-likeness (QED) is 0.482. The maximum atomic E-state index is 14.6. The number of benzene rings is 1. The molecule has 3 atom stereocenters. The van der Waals surface area contributed by atoms with Crippen molar-refractivity contribution in [3.05, 3.63) is 29.6 Å². The van der Waals surface area contributed by atoms with E-state index in [4.69, 9.17) is 4.74 Å². The third-order valence-electron chi connectivity index (χ3n) is 6.03. The number of aryl methyl sites for hydroxylation is 1. The molecule has 2 rings (SSSR count). The van der Waals surface area contributed by atoms with Crippen LogP contribution >= 0.6 is 0 Å². The van der Waals surface area contributed by atoms with Gasteiger partial charge in [-0.25, -0.2) is 12.8 Å². The molecule has 1 aliphatic rings. The SMILES string of the molecule is CC(CCCCc1ccc(N2C[C@@H](C)O[C@@H](C)C2)cc1F)CCS(=O)(=O)C(C)(C)C. The molecule has 4 nitrogen and oxygen atoms in total. The summed E-state index contributed by atoms with van der Waals surface area (Å²) < 4.78 is 44.2. The van der Waals surface area contributed by atoms with Gasteiger partial charge < -0.3 is 9.64 Å². The summed E-state index contributed by atoms with van der Waals surface area (Å²) in [7, 11) is -3.05. The van der Waals surface area contributed by atoms with E-state index in [9.17, 15) is 12.8 Å². The van der Waals surface area contributed by atoms with Crippen LogP contribution in [0.5, 0.6) is 0 Å². The maximum absolute atomic E-state index is 14.6. The minimum absolute atomic E-state index is 0.136. The first-order valence-electron chi connectivity index (χ1n) is 11.3. The van der Waals surface area contributed by atoms with Crippen LogP contribution in [0, 0.1) is 11.7 Å². The number of anilines is 1. The lowest BCUT2D eigenvalue weighted by Gasteiger charge is -2.37. The number of rotatable bonds is 9. The number of unbranched alkanes of at least 4 members (excludes halogenated alkanes) is 1. The van der Waals surface area contributed by atoms with E-state index in [2.05, 4.69) is 11.8 Å². The summed E-state index contributed by atoms with van der Waals surface area (Å²) in [5.41, 5.74) is 1.68. The van der Waals surface area contributed by atoms with Crippen LogP contribution in [0.1, 0.15) is 72.8 Å². The van der Waals surface area contributed by atoms with Gasteiger partial charge in [-0.15, -0.1) is 0 Å². The number of hydrogen-bond acceptors (Lipinski definition) is 4. The van der Waals surface area contributed by atoms with E-state index in [0.29, 0.717) is 12.3 Å². The van der Waals surface area contributed by atoms with E-state index >= 15 is 0 Å². The molecule has 1 saturated heterocycles. The summed E-state index contributed by atoms with van der Waals surface area (Å²) in [6.45, 7) is 13.0. The molecule has 1 fully saturated rings. The lowest BCUT2D eigenvalue weighted by molar-refractivity contribution is -0.00523. The van der Waals surface area contributed by atoms with Crippen molar-refractivity contribution in [2.75, 3.05) is 23.7 Å². The highest BCUT2D eigenvalue weighted by Crippen LogP contribution is 2.25. The monoisotopic (exact) mass is 441 g/mol. The average molecular weight is 442 g/mol. The van der Waals surface area contributed by atoms with E-state index in [0.717, 1.165) is 50.0 Å². The van der Waals surface area contributed by atoms with Crippen LogP contribution < -0.4 is 4.90 Å². The number of halogens is 1. The Labute approximate surface area is 183 Å². The Kier molecular flexibility index (Phi) is 8.75. The zero-order chi connectivity index (χ0) is 22.5. The van der Waals surface area contributed by atoms with Gasteiger partial charge in [-0.05, 0) is 77.5 Å². The van der Waals surface area contributed by atoms with Crippen molar-refractivity contribution in [3.8, 4) is 0 Å². The normalized spacial score (nSPS) is 21.6. The fraction of sp³-hybridized carbons (Fsp3) is 0.750. The molecule has 0 aromatic heterocycles. The smallest absolute Gasteiger partial charge is 0.155 e. The van der Waals surface area contributed by atoms with Crippen LogP contribution in [0.25, 0.3) is 0 Å². The van der Waals surface area contributed by atoms with Gasteiger partial charge in [-0.1, -0.05) is 25.8 Å². The second kappa shape index (κ2) is 10.4. The molecule has 0 amide bonds. The lowest BCUT2D eigenvalue weighted by atomic mass is 9.99. The molecule has 0 N–H and O–H groups in total. The largest absolute Gasteiger partial charge is 0.372 e. The first kappa shape index (κ1) is 25.1. The van der Waals surface area contributed by atoms with Gasteiger partial charge in [0, 0.05) is 18.8 Å².